The van der Waals surface area contributed by atoms with E-state index in [-0.39, 0.29) is 44.6 Å². The molecule has 2 unspecified atom stereocenters. The van der Waals surface area contributed by atoms with Crippen molar-refractivity contribution in [3.63, 3.8) is 0 Å². The lowest BCUT2D eigenvalue weighted by molar-refractivity contribution is -0.138. The zero-order valence-corrected chi connectivity index (χ0v) is 19.5. The first-order valence-electron chi connectivity index (χ1n) is 11.1. The molecule has 32 heavy (non-hydrogen) atoms. The highest BCUT2D eigenvalue weighted by atomic mass is 32.1. The molecule has 10 heteroatoms. The lowest BCUT2D eigenvalue weighted by atomic mass is 9.95. The van der Waals surface area contributed by atoms with Gasteiger partial charge in [0.05, 0.1) is 25.3 Å². The maximum atomic E-state index is 14.8. The van der Waals surface area contributed by atoms with Crippen LogP contribution in [0.2, 0.25) is 0 Å². The fraction of sp³-hybridized carbons (Fsp3) is 0.636. The molecule has 0 aromatic carbocycles. The van der Waals surface area contributed by atoms with Crippen LogP contribution >= 0.6 is 11.3 Å². The van der Waals surface area contributed by atoms with Crippen LogP contribution in [0.3, 0.4) is 0 Å². The molecule has 0 bridgehead atoms. The summed E-state index contributed by atoms with van der Waals surface area (Å²) in [5, 5.41) is 5.83. The summed E-state index contributed by atoms with van der Waals surface area (Å²) >= 11 is 1.46. The van der Waals surface area contributed by atoms with E-state index in [0.29, 0.717) is 43.0 Å². The minimum absolute atomic E-state index is 0.0549. The Morgan fingerprint density at radius 1 is 1.38 bits per heavy atom. The molecule has 2 aliphatic heterocycles. The number of likely N-dealkylation sites (tertiary alicyclic amines) is 1. The third-order valence-electron chi connectivity index (χ3n) is 5.45. The van der Waals surface area contributed by atoms with Gasteiger partial charge in [-0.3, -0.25) is 14.7 Å². The lowest BCUT2D eigenvalue weighted by Crippen LogP contribution is -2.46. The van der Waals surface area contributed by atoms with Crippen molar-refractivity contribution >= 4 is 28.9 Å². The Bertz CT molecular complexity index is 843. The summed E-state index contributed by atoms with van der Waals surface area (Å²) in [5.41, 5.74) is 1.14. The lowest BCUT2D eigenvalue weighted by Gasteiger charge is -2.35. The van der Waals surface area contributed by atoms with Crippen LogP contribution in [0.1, 0.15) is 38.1 Å². The zero-order valence-electron chi connectivity index (χ0n) is 18.6. The van der Waals surface area contributed by atoms with Gasteiger partial charge in [-0.15, -0.1) is 11.3 Å². The topological polar surface area (TPSA) is 93.1 Å². The summed E-state index contributed by atoms with van der Waals surface area (Å²) in [4.78, 5) is 34.7. The van der Waals surface area contributed by atoms with Crippen LogP contribution in [0.25, 0.3) is 0 Å². The van der Waals surface area contributed by atoms with Gasteiger partial charge in [-0.1, -0.05) is 6.92 Å². The molecule has 1 saturated heterocycles. The second-order valence-electron chi connectivity index (χ2n) is 7.91. The van der Waals surface area contributed by atoms with Gasteiger partial charge < -0.3 is 14.8 Å². The second kappa shape index (κ2) is 12.2. The Kier molecular flexibility index (Phi) is 9.31. The Labute approximate surface area is 191 Å². The molecule has 1 fully saturated rings. The maximum Gasteiger partial charge on any atom is 0.337 e. The number of hydrogen-bond acceptors (Lipinski definition) is 9. The SMILES string of the molecule is CCCC(=O)COCC1CCN(CC2=C(C(=O)OCC)CN=C(c3nccs3)N2)CC1F. The number of carbonyl (C=O) groups is 2. The Hall–Kier alpha value is -2.17. The number of ketones is 1. The number of alkyl halides is 1. The molecule has 2 atom stereocenters. The van der Waals surface area contributed by atoms with Crippen molar-refractivity contribution in [3.8, 4) is 0 Å². The molecule has 2 aliphatic rings. The fourth-order valence-corrected chi connectivity index (χ4v) is 4.36. The number of piperidine rings is 1. The average Bonchev–Trinajstić information content (AvgIpc) is 3.30. The Balaban J connectivity index is 1.58. The first-order valence-corrected chi connectivity index (χ1v) is 12.0. The molecule has 3 heterocycles. The van der Waals surface area contributed by atoms with Gasteiger partial charge >= 0.3 is 5.97 Å². The molecular formula is C22H31FN4O4S. The molecule has 176 valence electrons. The van der Waals surface area contributed by atoms with Crippen molar-refractivity contribution in [2.75, 3.05) is 46.0 Å². The number of amidine groups is 1. The minimum Gasteiger partial charge on any atom is -0.463 e. The van der Waals surface area contributed by atoms with Crippen LogP contribution in [0.15, 0.2) is 27.8 Å². The molecule has 1 aromatic heterocycles. The summed E-state index contributed by atoms with van der Waals surface area (Å²) in [5.74, 6) is 0.0273. The first-order chi connectivity index (χ1) is 15.5. The molecule has 0 spiro atoms. The number of nitrogens with zero attached hydrogens (tertiary/aromatic N) is 3. The van der Waals surface area contributed by atoms with Gasteiger partial charge in [0.2, 0.25) is 0 Å². The van der Waals surface area contributed by atoms with Gasteiger partial charge in [0.15, 0.2) is 16.6 Å². The third kappa shape index (κ3) is 6.66. The number of Topliss-reactive ketones (excluding diaryl/α,β-unsaturated/α-hetero) is 1. The predicted octanol–water partition coefficient (Wildman–Crippen LogP) is 2.36. The predicted molar refractivity (Wildman–Crippen MR) is 120 cm³/mol. The minimum atomic E-state index is -1.06. The van der Waals surface area contributed by atoms with Crippen LogP contribution in [0.4, 0.5) is 4.39 Å². The summed E-state index contributed by atoms with van der Waals surface area (Å²) in [6.07, 6.45) is 2.55. The van der Waals surface area contributed by atoms with Crippen LogP contribution in [0, 0.1) is 5.92 Å². The molecule has 0 saturated carbocycles. The normalized spacial score (nSPS) is 21.8. The Morgan fingerprint density at radius 2 is 2.22 bits per heavy atom. The van der Waals surface area contributed by atoms with E-state index in [1.165, 1.54) is 11.3 Å². The maximum absolute atomic E-state index is 14.8. The second-order valence-corrected chi connectivity index (χ2v) is 8.80. The fourth-order valence-electron chi connectivity index (χ4n) is 3.76. The molecule has 0 aliphatic carbocycles. The number of ether oxygens (including phenoxy) is 2. The zero-order chi connectivity index (χ0) is 22.9. The number of nitrogens with one attached hydrogen (secondary N) is 1. The average molecular weight is 467 g/mol. The number of hydrogen-bond donors (Lipinski definition) is 1. The van der Waals surface area contributed by atoms with Gasteiger partial charge in [-0.05, 0) is 26.3 Å². The standard InChI is InChI=1S/C22H31FN4O4S/c1-3-5-16(28)14-30-13-15-6-8-27(11-18(15)23)12-19-17(22(29)31-4-2)10-25-20(26-19)21-24-7-9-32-21/h7,9,15,18H,3-6,8,10-14H2,1-2H3,(H,25,26). The number of carbonyl (C=O) groups excluding carboxylic acids is 2. The molecule has 3 rings (SSSR count). The van der Waals surface area contributed by atoms with Crippen molar-refractivity contribution in [2.24, 2.45) is 10.9 Å². The first kappa shape index (κ1) is 24.5. The number of rotatable bonds is 11. The number of aromatic nitrogens is 1. The van der Waals surface area contributed by atoms with Gasteiger partial charge in [0.1, 0.15) is 12.8 Å². The van der Waals surface area contributed by atoms with Crippen molar-refractivity contribution in [1.82, 2.24) is 15.2 Å². The van der Waals surface area contributed by atoms with Gasteiger partial charge in [0.25, 0.3) is 0 Å². The van der Waals surface area contributed by atoms with Gasteiger partial charge in [-0.2, -0.15) is 0 Å². The number of aliphatic imine (C=N–C) groups is 1. The monoisotopic (exact) mass is 466 g/mol. The third-order valence-corrected chi connectivity index (χ3v) is 6.23. The van der Waals surface area contributed by atoms with E-state index in [1.807, 2.05) is 17.2 Å². The van der Waals surface area contributed by atoms with Crippen molar-refractivity contribution < 1.29 is 23.5 Å². The van der Waals surface area contributed by atoms with Crippen LogP contribution in [-0.2, 0) is 19.1 Å². The molecule has 0 amide bonds. The van der Waals surface area contributed by atoms with E-state index in [9.17, 15) is 14.0 Å². The molecule has 0 radical (unpaired) electrons. The van der Waals surface area contributed by atoms with E-state index in [4.69, 9.17) is 9.47 Å². The van der Waals surface area contributed by atoms with E-state index in [2.05, 4.69) is 15.3 Å². The Morgan fingerprint density at radius 3 is 2.91 bits per heavy atom. The highest BCUT2D eigenvalue weighted by molar-refractivity contribution is 7.11. The summed E-state index contributed by atoms with van der Waals surface area (Å²) < 4.78 is 25.5. The highest BCUT2D eigenvalue weighted by Gasteiger charge is 2.32. The largest absolute Gasteiger partial charge is 0.463 e. The van der Waals surface area contributed by atoms with Crippen molar-refractivity contribution in [3.05, 3.63) is 27.9 Å². The number of halogens is 1. The van der Waals surface area contributed by atoms with Crippen LogP contribution < -0.4 is 5.32 Å². The van der Waals surface area contributed by atoms with E-state index >= 15 is 0 Å². The quantitative estimate of drug-likeness (QED) is 0.501. The van der Waals surface area contributed by atoms with Crippen molar-refractivity contribution in [1.29, 1.82) is 0 Å². The molecule has 8 nitrogen and oxygen atoms in total. The van der Waals surface area contributed by atoms with Crippen LogP contribution in [-0.4, -0.2) is 79.6 Å². The van der Waals surface area contributed by atoms with E-state index in [1.54, 1.807) is 13.1 Å². The molecular weight excluding hydrogens is 435 g/mol. The van der Waals surface area contributed by atoms with E-state index < -0.39 is 12.1 Å². The number of esters is 1. The number of thiazole rings is 1. The van der Waals surface area contributed by atoms with Gasteiger partial charge in [-0.25, -0.2) is 14.2 Å². The smallest absolute Gasteiger partial charge is 0.337 e. The highest BCUT2D eigenvalue weighted by Crippen LogP contribution is 2.23. The summed E-state index contributed by atoms with van der Waals surface area (Å²) in [6, 6.07) is 0. The van der Waals surface area contributed by atoms with E-state index in [0.717, 1.165) is 11.4 Å². The molecule has 1 aromatic rings. The van der Waals surface area contributed by atoms with Crippen molar-refractivity contribution in [2.45, 2.75) is 39.3 Å². The molecule has 1 N–H and O–H groups in total. The van der Waals surface area contributed by atoms with Gasteiger partial charge in [0, 0.05) is 42.7 Å². The van der Waals surface area contributed by atoms with Crippen LogP contribution in [0.5, 0.6) is 0 Å². The summed E-state index contributed by atoms with van der Waals surface area (Å²) in [6.45, 7) is 5.78. The summed E-state index contributed by atoms with van der Waals surface area (Å²) in [7, 11) is 0.